The maximum absolute atomic E-state index is 12.2. The summed E-state index contributed by atoms with van der Waals surface area (Å²) in [5.74, 6) is -3.55. The van der Waals surface area contributed by atoms with Crippen molar-refractivity contribution >= 4 is 29.4 Å². The molecule has 7 N–H and O–H groups in total. The number of anilines is 1. The Hall–Kier alpha value is -3.30. The van der Waals surface area contributed by atoms with Crippen LogP contribution in [-0.4, -0.2) is 48.0 Å². The standard InChI is InChI=1S/C15H20N4O6/c1-7(15(24)25-2)18-14(23)10(6-12(17)21)19-13(22)9-5-8(16)3-4-11(9)20/h3-5,7,10,20H,6,16H2,1-2H3,(H2,17,21)(H,18,23)(H,19,22)/t7-,10+/m0/s1. The number of nitrogen functional groups attached to an aromatic ring is 1. The van der Waals surface area contributed by atoms with Crippen molar-refractivity contribution in [1.29, 1.82) is 0 Å². The van der Waals surface area contributed by atoms with Crippen LogP contribution in [-0.2, 0) is 19.1 Å². The third-order valence-electron chi connectivity index (χ3n) is 3.21. The molecule has 10 nitrogen and oxygen atoms in total. The lowest BCUT2D eigenvalue weighted by atomic mass is 10.1. The van der Waals surface area contributed by atoms with E-state index in [1.165, 1.54) is 25.1 Å². The highest BCUT2D eigenvalue weighted by Gasteiger charge is 2.27. The van der Waals surface area contributed by atoms with Crippen molar-refractivity contribution in [2.75, 3.05) is 12.8 Å². The van der Waals surface area contributed by atoms with E-state index in [0.717, 1.165) is 7.11 Å². The van der Waals surface area contributed by atoms with Crippen molar-refractivity contribution in [2.45, 2.75) is 25.4 Å². The van der Waals surface area contributed by atoms with Crippen molar-refractivity contribution in [3.63, 3.8) is 0 Å². The predicted molar refractivity (Wildman–Crippen MR) is 87.2 cm³/mol. The first-order chi connectivity index (χ1) is 11.6. The van der Waals surface area contributed by atoms with Gasteiger partial charge in [0.2, 0.25) is 11.8 Å². The highest BCUT2D eigenvalue weighted by Crippen LogP contribution is 2.19. The molecule has 0 aromatic heterocycles. The number of ether oxygens (including phenoxy) is 1. The van der Waals surface area contributed by atoms with Crippen LogP contribution < -0.4 is 22.1 Å². The number of hydrogen-bond donors (Lipinski definition) is 5. The number of rotatable bonds is 7. The van der Waals surface area contributed by atoms with Crippen LogP contribution in [0.25, 0.3) is 0 Å². The number of esters is 1. The maximum Gasteiger partial charge on any atom is 0.328 e. The number of carbonyl (C=O) groups is 4. The lowest BCUT2D eigenvalue weighted by Gasteiger charge is -2.19. The molecule has 10 heteroatoms. The van der Waals surface area contributed by atoms with E-state index in [2.05, 4.69) is 15.4 Å². The van der Waals surface area contributed by atoms with Gasteiger partial charge in [0, 0.05) is 5.69 Å². The number of nitrogens with two attached hydrogens (primary N) is 2. The molecule has 3 amide bonds. The van der Waals surface area contributed by atoms with Crippen LogP contribution in [0, 0.1) is 0 Å². The fourth-order valence-electron chi connectivity index (χ4n) is 1.93. The van der Waals surface area contributed by atoms with Crippen molar-refractivity contribution in [1.82, 2.24) is 10.6 Å². The molecule has 1 rings (SSSR count). The molecule has 0 aliphatic carbocycles. The van der Waals surface area contributed by atoms with Crippen molar-refractivity contribution < 1.29 is 29.0 Å². The summed E-state index contributed by atoms with van der Waals surface area (Å²) in [7, 11) is 1.15. The minimum Gasteiger partial charge on any atom is -0.507 e. The second-order valence-electron chi connectivity index (χ2n) is 5.23. The molecule has 1 aromatic carbocycles. The lowest BCUT2D eigenvalue weighted by Crippen LogP contribution is -2.52. The second kappa shape index (κ2) is 8.52. The summed E-state index contributed by atoms with van der Waals surface area (Å²) >= 11 is 0. The summed E-state index contributed by atoms with van der Waals surface area (Å²) in [6.07, 6.45) is -0.505. The molecule has 2 atom stereocenters. The van der Waals surface area contributed by atoms with Crippen molar-refractivity contribution in [2.24, 2.45) is 5.73 Å². The summed E-state index contributed by atoms with van der Waals surface area (Å²) in [6.45, 7) is 1.37. The van der Waals surface area contributed by atoms with Gasteiger partial charge in [0.25, 0.3) is 5.91 Å². The number of aromatic hydroxyl groups is 1. The number of carbonyl (C=O) groups excluding carboxylic acids is 4. The number of hydrogen-bond acceptors (Lipinski definition) is 7. The smallest absolute Gasteiger partial charge is 0.328 e. The van der Waals surface area contributed by atoms with E-state index >= 15 is 0 Å². The molecule has 25 heavy (non-hydrogen) atoms. The van der Waals surface area contributed by atoms with E-state index in [4.69, 9.17) is 11.5 Å². The Labute approximate surface area is 143 Å². The van der Waals surface area contributed by atoms with E-state index < -0.39 is 42.2 Å². The number of nitrogens with one attached hydrogen (secondary N) is 2. The average Bonchev–Trinajstić information content (AvgIpc) is 2.54. The highest BCUT2D eigenvalue weighted by atomic mass is 16.5. The van der Waals surface area contributed by atoms with Crippen LogP contribution >= 0.6 is 0 Å². The van der Waals surface area contributed by atoms with E-state index in [1.54, 1.807) is 0 Å². The number of phenolic OH excluding ortho intramolecular Hbond substituents is 1. The van der Waals surface area contributed by atoms with Crippen LogP contribution in [0.5, 0.6) is 5.75 Å². The van der Waals surface area contributed by atoms with Crippen molar-refractivity contribution in [3.8, 4) is 5.75 Å². The third kappa shape index (κ3) is 5.68. The lowest BCUT2D eigenvalue weighted by molar-refractivity contribution is -0.144. The van der Waals surface area contributed by atoms with Crippen LogP contribution in [0.2, 0.25) is 0 Å². The Morgan fingerprint density at radius 2 is 1.88 bits per heavy atom. The van der Waals surface area contributed by atoms with Gasteiger partial charge in [0.05, 0.1) is 19.1 Å². The summed E-state index contributed by atoms with van der Waals surface area (Å²) in [4.78, 5) is 47.0. The molecule has 0 saturated carbocycles. The summed E-state index contributed by atoms with van der Waals surface area (Å²) in [5.41, 5.74) is 10.7. The van der Waals surface area contributed by atoms with E-state index in [-0.39, 0.29) is 17.0 Å². The topological polar surface area (TPSA) is 174 Å². The molecule has 0 bridgehead atoms. The van der Waals surface area contributed by atoms with Gasteiger partial charge in [-0.05, 0) is 25.1 Å². The van der Waals surface area contributed by atoms with Gasteiger partial charge in [-0.15, -0.1) is 0 Å². The first-order valence-corrected chi connectivity index (χ1v) is 7.21. The molecule has 0 radical (unpaired) electrons. The van der Waals surface area contributed by atoms with Gasteiger partial charge in [-0.25, -0.2) is 4.79 Å². The van der Waals surface area contributed by atoms with Gasteiger partial charge < -0.3 is 31.9 Å². The second-order valence-corrected chi connectivity index (χ2v) is 5.23. The Kier molecular flexibility index (Phi) is 6.73. The number of methoxy groups -OCH3 is 1. The Morgan fingerprint density at radius 1 is 1.24 bits per heavy atom. The fraction of sp³-hybridized carbons (Fsp3) is 0.333. The molecule has 0 aliphatic heterocycles. The maximum atomic E-state index is 12.2. The van der Waals surface area contributed by atoms with Gasteiger partial charge in [-0.3, -0.25) is 14.4 Å². The Balaban J connectivity index is 2.93. The minimum atomic E-state index is -1.35. The molecule has 0 saturated heterocycles. The predicted octanol–water partition coefficient (Wildman–Crippen LogP) is -1.37. The summed E-state index contributed by atoms with van der Waals surface area (Å²) in [5, 5.41) is 14.3. The molecule has 1 aromatic rings. The Morgan fingerprint density at radius 3 is 2.44 bits per heavy atom. The van der Waals surface area contributed by atoms with Gasteiger partial charge in [-0.2, -0.15) is 0 Å². The molecule has 0 heterocycles. The highest BCUT2D eigenvalue weighted by molar-refractivity contribution is 6.01. The first kappa shape index (κ1) is 19.7. The largest absolute Gasteiger partial charge is 0.507 e. The molecule has 0 spiro atoms. The zero-order valence-electron chi connectivity index (χ0n) is 13.7. The molecule has 0 unspecified atom stereocenters. The molecule has 0 fully saturated rings. The van der Waals surface area contributed by atoms with Crippen LogP contribution in [0.1, 0.15) is 23.7 Å². The molecular formula is C15H20N4O6. The average molecular weight is 352 g/mol. The molecule has 136 valence electrons. The summed E-state index contributed by atoms with van der Waals surface area (Å²) < 4.78 is 4.47. The quantitative estimate of drug-likeness (QED) is 0.228. The van der Waals surface area contributed by atoms with E-state index in [1.807, 2.05) is 0 Å². The van der Waals surface area contributed by atoms with Gasteiger partial charge in [0.1, 0.15) is 17.8 Å². The van der Waals surface area contributed by atoms with Gasteiger partial charge >= 0.3 is 5.97 Å². The molecular weight excluding hydrogens is 332 g/mol. The van der Waals surface area contributed by atoms with E-state index in [0.29, 0.717) is 0 Å². The fourth-order valence-corrected chi connectivity index (χ4v) is 1.93. The number of benzene rings is 1. The first-order valence-electron chi connectivity index (χ1n) is 7.21. The minimum absolute atomic E-state index is 0.178. The van der Waals surface area contributed by atoms with Gasteiger partial charge in [-0.1, -0.05) is 0 Å². The van der Waals surface area contributed by atoms with Crippen LogP contribution in [0.4, 0.5) is 5.69 Å². The normalized spacial score (nSPS) is 12.6. The number of phenols is 1. The SMILES string of the molecule is COC(=O)[C@H](C)NC(=O)[C@@H](CC(N)=O)NC(=O)c1cc(N)ccc1O. The number of amides is 3. The van der Waals surface area contributed by atoms with Crippen LogP contribution in [0.15, 0.2) is 18.2 Å². The van der Waals surface area contributed by atoms with Gasteiger partial charge in [0.15, 0.2) is 0 Å². The zero-order valence-corrected chi connectivity index (χ0v) is 13.7. The van der Waals surface area contributed by atoms with Crippen LogP contribution in [0.3, 0.4) is 0 Å². The number of primary amides is 1. The zero-order chi connectivity index (χ0) is 19.1. The monoisotopic (exact) mass is 352 g/mol. The third-order valence-corrected chi connectivity index (χ3v) is 3.21. The van der Waals surface area contributed by atoms with Crippen molar-refractivity contribution in [3.05, 3.63) is 23.8 Å². The van der Waals surface area contributed by atoms with E-state index in [9.17, 15) is 24.3 Å². The summed E-state index contributed by atoms with van der Waals surface area (Å²) in [6, 6.07) is 1.47. The molecule has 0 aliphatic rings. The Bertz CT molecular complexity index is 691.